The molecule has 1 amide bonds. The zero-order chi connectivity index (χ0) is 17.6. The van der Waals surface area contributed by atoms with Gasteiger partial charge in [-0.05, 0) is 57.2 Å². The fourth-order valence-electron chi connectivity index (χ4n) is 2.87. The predicted octanol–water partition coefficient (Wildman–Crippen LogP) is 2.69. The van der Waals surface area contributed by atoms with Crippen LogP contribution in [0.2, 0.25) is 0 Å². The van der Waals surface area contributed by atoms with Crippen molar-refractivity contribution in [2.75, 3.05) is 27.2 Å². The molecule has 0 aliphatic carbocycles. The Bertz CT molecular complexity index is 705. The molecule has 25 heavy (non-hydrogen) atoms. The maximum atomic E-state index is 12.3. The number of nitrogens with one attached hydrogen (secondary N) is 1. The summed E-state index contributed by atoms with van der Waals surface area (Å²) in [6.07, 6.45) is 1.93. The van der Waals surface area contributed by atoms with Crippen molar-refractivity contribution in [1.82, 2.24) is 10.2 Å². The van der Waals surface area contributed by atoms with E-state index >= 15 is 0 Å². The van der Waals surface area contributed by atoms with Crippen LogP contribution in [0.25, 0.3) is 0 Å². The van der Waals surface area contributed by atoms with Crippen LogP contribution in [0.1, 0.15) is 29.2 Å². The Labute approximate surface area is 147 Å². The number of rotatable bonds is 6. The van der Waals surface area contributed by atoms with Gasteiger partial charge in [-0.1, -0.05) is 12.1 Å². The fourth-order valence-corrected chi connectivity index (χ4v) is 2.87. The molecule has 2 aromatic rings. The molecule has 1 N–H and O–H groups in total. The number of hydrogen-bond donors (Lipinski definition) is 1. The van der Waals surface area contributed by atoms with Gasteiger partial charge in [0.1, 0.15) is 12.4 Å². The van der Waals surface area contributed by atoms with E-state index in [4.69, 9.17) is 13.9 Å². The van der Waals surface area contributed by atoms with Gasteiger partial charge in [0.25, 0.3) is 5.91 Å². The van der Waals surface area contributed by atoms with Gasteiger partial charge in [0, 0.05) is 6.04 Å². The van der Waals surface area contributed by atoms with Crippen molar-refractivity contribution in [1.29, 1.82) is 0 Å². The predicted molar refractivity (Wildman–Crippen MR) is 94.0 cm³/mol. The van der Waals surface area contributed by atoms with Crippen LogP contribution in [0.15, 0.2) is 40.8 Å². The number of likely N-dealkylation sites (tertiary alicyclic amines) is 1. The maximum Gasteiger partial charge on any atom is 0.287 e. The summed E-state index contributed by atoms with van der Waals surface area (Å²) >= 11 is 0. The summed E-state index contributed by atoms with van der Waals surface area (Å²) in [7, 11) is 3.69. The number of piperidine rings is 1. The van der Waals surface area contributed by atoms with Crippen molar-refractivity contribution in [3.8, 4) is 11.5 Å². The maximum absolute atomic E-state index is 12.3. The molecule has 3 rings (SSSR count). The van der Waals surface area contributed by atoms with Crippen LogP contribution < -0.4 is 14.8 Å². The van der Waals surface area contributed by atoms with Gasteiger partial charge in [-0.2, -0.15) is 0 Å². The summed E-state index contributed by atoms with van der Waals surface area (Å²) < 4.78 is 16.6. The van der Waals surface area contributed by atoms with E-state index in [0.717, 1.165) is 25.9 Å². The standard InChI is InChI=1S/C19H24N2O4/c1-21-11-9-14(10-12-21)20-19(22)18-8-7-15(25-18)13-24-17-6-4-3-5-16(17)23-2/h3-8,14H,9-13H2,1-2H3,(H,20,22). The number of para-hydroxylation sites is 2. The van der Waals surface area contributed by atoms with E-state index in [2.05, 4.69) is 17.3 Å². The minimum absolute atomic E-state index is 0.168. The molecule has 134 valence electrons. The molecular weight excluding hydrogens is 320 g/mol. The van der Waals surface area contributed by atoms with Crippen LogP contribution in [-0.2, 0) is 6.61 Å². The summed E-state index contributed by atoms with van der Waals surface area (Å²) in [5, 5.41) is 3.04. The van der Waals surface area contributed by atoms with Crippen LogP contribution in [-0.4, -0.2) is 44.1 Å². The van der Waals surface area contributed by atoms with E-state index in [0.29, 0.717) is 23.0 Å². The molecule has 6 nitrogen and oxygen atoms in total. The lowest BCUT2D eigenvalue weighted by atomic mass is 10.1. The lowest BCUT2D eigenvalue weighted by molar-refractivity contribution is 0.0884. The third-order valence-electron chi connectivity index (χ3n) is 4.38. The van der Waals surface area contributed by atoms with Crippen LogP contribution in [0, 0.1) is 0 Å². The lowest BCUT2D eigenvalue weighted by Crippen LogP contribution is -2.43. The van der Waals surface area contributed by atoms with Crippen LogP contribution >= 0.6 is 0 Å². The number of amides is 1. The SMILES string of the molecule is COc1ccccc1OCc1ccc(C(=O)NC2CCN(C)CC2)o1. The normalized spacial score (nSPS) is 15.8. The van der Waals surface area contributed by atoms with Gasteiger partial charge in [0.15, 0.2) is 17.3 Å². The van der Waals surface area contributed by atoms with Crippen LogP contribution in [0.3, 0.4) is 0 Å². The van der Waals surface area contributed by atoms with Crippen LogP contribution in [0.4, 0.5) is 0 Å². The number of ether oxygens (including phenoxy) is 2. The monoisotopic (exact) mass is 344 g/mol. The Hall–Kier alpha value is -2.47. The Balaban J connectivity index is 1.54. The van der Waals surface area contributed by atoms with Crippen molar-refractivity contribution in [3.05, 3.63) is 47.9 Å². The molecule has 2 heterocycles. The van der Waals surface area contributed by atoms with E-state index in [9.17, 15) is 4.79 Å². The molecule has 0 unspecified atom stereocenters. The number of nitrogens with zero attached hydrogens (tertiary/aromatic N) is 1. The molecule has 1 aromatic heterocycles. The molecule has 1 fully saturated rings. The molecule has 1 aliphatic heterocycles. The summed E-state index contributed by atoms with van der Waals surface area (Å²) in [6.45, 7) is 2.24. The zero-order valence-corrected chi connectivity index (χ0v) is 14.7. The van der Waals surface area contributed by atoms with E-state index in [1.54, 1.807) is 19.2 Å². The molecule has 1 aromatic carbocycles. The first-order valence-corrected chi connectivity index (χ1v) is 8.49. The average Bonchev–Trinajstić information content (AvgIpc) is 3.11. The Morgan fingerprint density at radius 1 is 1.20 bits per heavy atom. The highest BCUT2D eigenvalue weighted by Gasteiger charge is 2.20. The first-order chi connectivity index (χ1) is 12.2. The number of carbonyl (C=O) groups excluding carboxylic acids is 1. The number of furan rings is 1. The summed E-state index contributed by atoms with van der Waals surface area (Å²) in [5.41, 5.74) is 0. The molecule has 1 aliphatic rings. The first-order valence-electron chi connectivity index (χ1n) is 8.49. The number of hydrogen-bond acceptors (Lipinski definition) is 5. The van der Waals surface area contributed by atoms with Gasteiger partial charge < -0.3 is 24.1 Å². The highest BCUT2D eigenvalue weighted by Crippen LogP contribution is 2.26. The molecular formula is C19H24N2O4. The Kier molecular flexibility index (Phi) is 5.60. The van der Waals surface area contributed by atoms with Crippen molar-refractivity contribution in [2.45, 2.75) is 25.5 Å². The van der Waals surface area contributed by atoms with Gasteiger partial charge in [-0.15, -0.1) is 0 Å². The second kappa shape index (κ2) is 8.07. The van der Waals surface area contributed by atoms with Crippen molar-refractivity contribution in [2.24, 2.45) is 0 Å². The van der Waals surface area contributed by atoms with Gasteiger partial charge in [0.05, 0.1) is 7.11 Å². The van der Waals surface area contributed by atoms with Gasteiger partial charge in [-0.3, -0.25) is 4.79 Å². The smallest absolute Gasteiger partial charge is 0.287 e. The van der Waals surface area contributed by atoms with E-state index in [1.807, 2.05) is 24.3 Å². The van der Waals surface area contributed by atoms with Crippen molar-refractivity contribution in [3.63, 3.8) is 0 Å². The molecule has 1 saturated heterocycles. The van der Waals surface area contributed by atoms with Crippen molar-refractivity contribution >= 4 is 5.91 Å². The van der Waals surface area contributed by atoms with Crippen molar-refractivity contribution < 1.29 is 18.7 Å². The summed E-state index contributed by atoms with van der Waals surface area (Å²) in [5.74, 6) is 2.04. The second-order valence-corrected chi connectivity index (χ2v) is 6.26. The van der Waals surface area contributed by atoms with Gasteiger partial charge >= 0.3 is 0 Å². The summed E-state index contributed by atoms with van der Waals surface area (Å²) in [6, 6.07) is 11.1. The van der Waals surface area contributed by atoms with Gasteiger partial charge in [0.2, 0.25) is 0 Å². The lowest BCUT2D eigenvalue weighted by Gasteiger charge is -2.29. The minimum Gasteiger partial charge on any atom is -0.493 e. The number of carbonyl (C=O) groups is 1. The van der Waals surface area contributed by atoms with Gasteiger partial charge in [-0.25, -0.2) is 0 Å². The van der Waals surface area contributed by atoms with E-state index < -0.39 is 0 Å². The van der Waals surface area contributed by atoms with Crippen LogP contribution in [0.5, 0.6) is 11.5 Å². The molecule has 0 spiro atoms. The third kappa shape index (κ3) is 4.54. The Morgan fingerprint density at radius 3 is 2.64 bits per heavy atom. The highest BCUT2D eigenvalue weighted by atomic mass is 16.5. The number of methoxy groups -OCH3 is 1. The second-order valence-electron chi connectivity index (χ2n) is 6.26. The largest absolute Gasteiger partial charge is 0.493 e. The fraction of sp³-hybridized carbons (Fsp3) is 0.421. The quantitative estimate of drug-likeness (QED) is 0.873. The number of benzene rings is 1. The molecule has 6 heteroatoms. The third-order valence-corrected chi connectivity index (χ3v) is 4.38. The molecule has 0 atom stereocenters. The van der Waals surface area contributed by atoms with E-state index in [1.165, 1.54) is 0 Å². The minimum atomic E-state index is -0.168. The molecule has 0 saturated carbocycles. The molecule has 0 radical (unpaired) electrons. The summed E-state index contributed by atoms with van der Waals surface area (Å²) in [4.78, 5) is 14.6. The highest BCUT2D eigenvalue weighted by molar-refractivity contribution is 5.91. The average molecular weight is 344 g/mol. The van der Waals surface area contributed by atoms with E-state index in [-0.39, 0.29) is 18.6 Å². The topological polar surface area (TPSA) is 63.9 Å². The first kappa shape index (κ1) is 17.4. The zero-order valence-electron chi connectivity index (χ0n) is 14.7. The Morgan fingerprint density at radius 2 is 1.92 bits per heavy atom. The molecule has 0 bridgehead atoms.